The molecule has 0 saturated carbocycles. The van der Waals surface area contributed by atoms with Crippen LogP contribution in [0.1, 0.15) is 117 Å². The predicted octanol–water partition coefficient (Wildman–Crippen LogP) is 4.23. The molecule has 0 spiro atoms. The highest BCUT2D eigenvalue weighted by atomic mass is 16.5. The molecule has 27 heavy (non-hydrogen) atoms. The van der Waals surface area contributed by atoms with Gasteiger partial charge in [-0.25, -0.2) is 0 Å². The van der Waals surface area contributed by atoms with Crippen molar-refractivity contribution in [3.8, 4) is 0 Å². The average molecular weight is 391 g/mol. The minimum Gasteiger partial charge on any atom is -0.402 e. The fourth-order valence-corrected chi connectivity index (χ4v) is 3.06. The maximum Gasteiger partial charge on any atom is 0.631 e. The highest BCUT2D eigenvalue weighted by Crippen LogP contribution is 2.14. The van der Waals surface area contributed by atoms with Crippen LogP contribution in [0, 0.1) is 0 Å². The van der Waals surface area contributed by atoms with E-state index < -0.39 is 13.5 Å². The molecule has 0 aliphatic carbocycles. The van der Waals surface area contributed by atoms with E-state index in [2.05, 4.69) is 6.92 Å². The Balaban J connectivity index is 0. The van der Waals surface area contributed by atoms with Gasteiger partial charge in [0.1, 0.15) is 6.23 Å². The summed E-state index contributed by atoms with van der Waals surface area (Å²) in [5, 5.41) is 41.4. The number of nitrogens with zero attached hydrogens (tertiary/aromatic N) is 1. The van der Waals surface area contributed by atoms with Gasteiger partial charge in [0.15, 0.2) is 0 Å². The Morgan fingerprint density at radius 2 is 0.926 bits per heavy atom. The number of hydrogen-bond donors (Lipinski definition) is 5. The zero-order chi connectivity index (χ0) is 20.8. The number of hydrogen-bond acceptors (Lipinski definition) is 6. The van der Waals surface area contributed by atoms with Crippen LogP contribution >= 0.6 is 0 Å². The van der Waals surface area contributed by atoms with Crippen LogP contribution in [0.25, 0.3) is 0 Å². The lowest BCUT2D eigenvalue weighted by Crippen LogP contribution is -2.31. The first-order chi connectivity index (χ1) is 13.0. The summed E-state index contributed by atoms with van der Waals surface area (Å²) in [6.45, 7) is 4.61. The van der Waals surface area contributed by atoms with Crippen molar-refractivity contribution in [2.75, 3.05) is 6.54 Å². The van der Waals surface area contributed by atoms with Crippen LogP contribution in [0.5, 0.6) is 0 Å². The van der Waals surface area contributed by atoms with Gasteiger partial charge in [-0.1, -0.05) is 96.8 Å². The normalized spacial score (nSPS) is 12.0. The summed E-state index contributed by atoms with van der Waals surface area (Å²) in [7, 11) is -2.17. The van der Waals surface area contributed by atoms with Gasteiger partial charge in [-0.2, -0.15) is 5.06 Å². The van der Waals surface area contributed by atoms with Gasteiger partial charge >= 0.3 is 7.32 Å². The van der Waals surface area contributed by atoms with Gasteiger partial charge in [0.05, 0.1) is 0 Å². The standard InChI is InChI=1S/C20H43NO2.BH3O3/c1-3-5-6-7-8-9-10-11-12-13-14-15-16-17-18-19-20(22)21(23)4-2;2-1(3)4/h20,22-23H,3-19H2,1-2H3;2-4H. The lowest BCUT2D eigenvalue weighted by Gasteiger charge is -2.19. The molecule has 0 aliphatic rings. The lowest BCUT2D eigenvalue weighted by molar-refractivity contribution is -0.195. The van der Waals surface area contributed by atoms with Gasteiger partial charge < -0.3 is 25.4 Å². The molecule has 0 rings (SSSR count). The van der Waals surface area contributed by atoms with Crippen LogP contribution in [0.4, 0.5) is 0 Å². The molecule has 0 bridgehead atoms. The highest BCUT2D eigenvalue weighted by molar-refractivity contribution is 6.30. The number of aliphatic hydroxyl groups excluding tert-OH is 1. The Morgan fingerprint density at radius 3 is 1.22 bits per heavy atom. The van der Waals surface area contributed by atoms with Crippen LogP contribution in [-0.2, 0) is 0 Å². The SMILES string of the molecule is CCCCCCCCCCCCCCCCCC(O)N(O)CC.OB(O)O. The van der Waals surface area contributed by atoms with E-state index in [1.54, 1.807) is 0 Å². The van der Waals surface area contributed by atoms with Crippen molar-refractivity contribution in [2.24, 2.45) is 0 Å². The molecule has 6 nitrogen and oxygen atoms in total. The zero-order valence-corrected chi connectivity index (χ0v) is 17.9. The first-order valence-corrected chi connectivity index (χ1v) is 11.1. The topological polar surface area (TPSA) is 104 Å². The summed E-state index contributed by atoms with van der Waals surface area (Å²) in [6.07, 6.45) is 20.3. The molecule has 0 amide bonds. The minimum absolute atomic E-state index is 0.486. The summed E-state index contributed by atoms with van der Waals surface area (Å²) < 4.78 is 0. The van der Waals surface area contributed by atoms with Crippen molar-refractivity contribution in [2.45, 2.75) is 123 Å². The Bertz CT molecular complexity index is 270. The predicted molar refractivity (Wildman–Crippen MR) is 112 cm³/mol. The monoisotopic (exact) mass is 391 g/mol. The van der Waals surface area contributed by atoms with Crippen LogP contribution in [0.3, 0.4) is 0 Å². The third-order valence-electron chi connectivity index (χ3n) is 4.73. The molecule has 164 valence electrons. The van der Waals surface area contributed by atoms with Crippen molar-refractivity contribution >= 4 is 7.32 Å². The summed E-state index contributed by atoms with van der Waals surface area (Å²) in [5.41, 5.74) is 0. The molecule has 0 aromatic heterocycles. The average Bonchev–Trinajstić information content (AvgIpc) is 2.63. The van der Waals surface area contributed by atoms with Crippen molar-refractivity contribution < 1.29 is 25.4 Å². The minimum atomic E-state index is -2.17. The molecule has 1 atom stereocenters. The molecule has 0 heterocycles. The quantitative estimate of drug-likeness (QED) is 0.104. The van der Waals surface area contributed by atoms with Gasteiger partial charge in [0.2, 0.25) is 0 Å². The third-order valence-corrected chi connectivity index (χ3v) is 4.73. The van der Waals surface area contributed by atoms with Crippen LogP contribution < -0.4 is 0 Å². The molecular weight excluding hydrogens is 345 g/mol. The lowest BCUT2D eigenvalue weighted by atomic mass is 10.0. The maximum absolute atomic E-state index is 9.60. The first-order valence-electron chi connectivity index (χ1n) is 11.1. The molecule has 0 saturated heterocycles. The van der Waals surface area contributed by atoms with Crippen molar-refractivity contribution in [1.82, 2.24) is 5.06 Å². The molecule has 5 N–H and O–H groups in total. The fraction of sp³-hybridized carbons (Fsp3) is 1.00. The van der Waals surface area contributed by atoms with Gasteiger partial charge in [-0.05, 0) is 19.8 Å². The van der Waals surface area contributed by atoms with Crippen LogP contribution in [0.2, 0.25) is 0 Å². The van der Waals surface area contributed by atoms with E-state index in [0.717, 1.165) is 11.5 Å². The van der Waals surface area contributed by atoms with Gasteiger partial charge in [-0.15, -0.1) is 0 Å². The molecule has 0 aliphatic heterocycles. The molecule has 7 heteroatoms. The smallest absolute Gasteiger partial charge is 0.402 e. The summed E-state index contributed by atoms with van der Waals surface area (Å²) in [6, 6.07) is 0. The van der Waals surface area contributed by atoms with E-state index in [0.29, 0.717) is 13.0 Å². The summed E-state index contributed by atoms with van der Waals surface area (Å²) in [5.74, 6) is 0. The second-order valence-corrected chi connectivity index (χ2v) is 7.32. The molecule has 0 aromatic rings. The Labute approximate surface area is 167 Å². The van der Waals surface area contributed by atoms with Gasteiger partial charge in [-0.3, -0.25) is 0 Å². The van der Waals surface area contributed by atoms with Crippen LogP contribution in [0.15, 0.2) is 0 Å². The van der Waals surface area contributed by atoms with Crippen molar-refractivity contribution in [3.05, 3.63) is 0 Å². The molecule has 0 aromatic carbocycles. The van der Waals surface area contributed by atoms with E-state index in [1.165, 1.54) is 89.9 Å². The first kappa shape index (κ1) is 29.0. The third kappa shape index (κ3) is 28.1. The number of hydroxylamine groups is 2. The second-order valence-electron chi connectivity index (χ2n) is 7.32. The fourth-order valence-electron chi connectivity index (χ4n) is 3.06. The molecule has 0 fully saturated rings. The Hall–Kier alpha value is -0.175. The van der Waals surface area contributed by atoms with Gasteiger partial charge in [0.25, 0.3) is 0 Å². The molecular formula is C20H46BNO5. The largest absolute Gasteiger partial charge is 0.631 e. The van der Waals surface area contributed by atoms with E-state index in [9.17, 15) is 10.3 Å². The number of unbranched alkanes of at least 4 members (excludes halogenated alkanes) is 14. The number of rotatable bonds is 18. The highest BCUT2D eigenvalue weighted by Gasteiger charge is 2.09. The van der Waals surface area contributed by atoms with E-state index in [1.807, 2.05) is 6.92 Å². The maximum atomic E-state index is 9.60. The molecule has 0 radical (unpaired) electrons. The van der Waals surface area contributed by atoms with E-state index >= 15 is 0 Å². The van der Waals surface area contributed by atoms with E-state index in [-0.39, 0.29) is 0 Å². The van der Waals surface area contributed by atoms with Gasteiger partial charge in [0, 0.05) is 6.54 Å². The molecule has 1 unspecified atom stereocenters. The van der Waals surface area contributed by atoms with Crippen LogP contribution in [-0.4, -0.2) is 50.5 Å². The van der Waals surface area contributed by atoms with E-state index in [4.69, 9.17) is 15.1 Å². The summed E-state index contributed by atoms with van der Waals surface area (Å²) >= 11 is 0. The summed E-state index contributed by atoms with van der Waals surface area (Å²) in [4.78, 5) is 0. The zero-order valence-electron chi connectivity index (χ0n) is 17.9. The Morgan fingerprint density at radius 1 is 0.630 bits per heavy atom. The van der Waals surface area contributed by atoms with Crippen molar-refractivity contribution in [1.29, 1.82) is 0 Å². The van der Waals surface area contributed by atoms with Crippen molar-refractivity contribution in [3.63, 3.8) is 0 Å². The number of aliphatic hydroxyl groups is 1. The Kier molecular flexibility index (Phi) is 25.7. The second kappa shape index (κ2) is 23.9.